The fourth-order valence-corrected chi connectivity index (χ4v) is 4.26. The summed E-state index contributed by atoms with van der Waals surface area (Å²) < 4.78 is 5.30. The average Bonchev–Trinajstić information content (AvgIpc) is 3.41. The van der Waals surface area contributed by atoms with Gasteiger partial charge in [0.15, 0.2) is 11.5 Å². The van der Waals surface area contributed by atoms with Gasteiger partial charge in [0, 0.05) is 6.54 Å². The minimum atomic E-state index is -0.715. The van der Waals surface area contributed by atoms with Gasteiger partial charge in [-0.05, 0) is 49.8 Å². The molecule has 2 heterocycles. The maximum atomic E-state index is 13.3. The van der Waals surface area contributed by atoms with Crippen LogP contribution in [0.3, 0.4) is 0 Å². The molecule has 4 rings (SSSR count). The number of nitrogens with zero attached hydrogens (tertiary/aromatic N) is 2. The Kier molecular flexibility index (Phi) is 5.97. The first-order valence-electron chi connectivity index (χ1n) is 10.5. The van der Waals surface area contributed by atoms with E-state index < -0.39 is 23.5 Å². The molecule has 0 fully saturated rings. The molecule has 1 aliphatic rings. The Morgan fingerprint density at radius 1 is 1.06 bits per heavy atom. The van der Waals surface area contributed by atoms with E-state index in [1.807, 2.05) is 80.5 Å². The van der Waals surface area contributed by atoms with Gasteiger partial charge in [0.1, 0.15) is 0 Å². The number of hydrogen-bond acceptors (Lipinski definition) is 5. The summed E-state index contributed by atoms with van der Waals surface area (Å²) >= 11 is 0. The topological polar surface area (TPSA) is 74.0 Å². The third kappa shape index (κ3) is 3.85. The van der Waals surface area contributed by atoms with Gasteiger partial charge < -0.3 is 19.3 Å². The van der Waals surface area contributed by atoms with Crippen molar-refractivity contribution >= 4 is 11.7 Å². The van der Waals surface area contributed by atoms with Crippen molar-refractivity contribution in [3.05, 3.63) is 107 Å². The quantitative estimate of drug-likeness (QED) is 0.560. The molecule has 32 heavy (non-hydrogen) atoms. The zero-order chi connectivity index (χ0) is 22.8. The number of benzene rings is 2. The largest absolute Gasteiger partial charge is 0.503 e. The molecule has 164 valence electrons. The van der Waals surface area contributed by atoms with Crippen molar-refractivity contribution in [2.24, 2.45) is 0 Å². The Morgan fingerprint density at radius 3 is 2.38 bits per heavy atom. The predicted molar refractivity (Wildman–Crippen MR) is 121 cm³/mol. The zero-order valence-electron chi connectivity index (χ0n) is 18.4. The van der Waals surface area contributed by atoms with Gasteiger partial charge in [0.05, 0.1) is 23.9 Å². The Hall–Kier alpha value is -3.64. The van der Waals surface area contributed by atoms with Gasteiger partial charge in [-0.1, -0.05) is 54.6 Å². The molecule has 0 bridgehead atoms. The van der Waals surface area contributed by atoms with Gasteiger partial charge in [0.2, 0.25) is 5.78 Å². The predicted octanol–water partition coefficient (Wildman–Crippen LogP) is 4.47. The summed E-state index contributed by atoms with van der Waals surface area (Å²) in [4.78, 5) is 30.2. The number of likely N-dealkylation sites (N-methyl/N-ethyl adjacent to an activating group) is 1. The van der Waals surface area contributed by atoms with Crippen molar-refractivity contribution in [3.8, 4) is 0 Å². The highest BCUT2D eigenvalue weighted by atomic mass is 16.3. The highest BCUT2D eigenvalue weighted by Gasteiger charge is 2.45. The van der Waals surface area contributed by atoms with Crippen LogP contribution in [-0.2, 0) is 4.79 Å². The lowest BCUT2D eigenvalue weighted by Crippen LogP contribution is -2.39. The van der Waals surface area contributed by atoms with E-state index in [0.717, 1.165) is 16.7 Å². The summed E-state index contributed by atoms with van der Waals surface area (Å²) in [7, 11) is 3.90. The lowest BCUT2D eigenvalue weighted by Gasteiger charge is -2.34. The number of aliphatic hydroxyl groups excluding tert-OH is 1. The zero-order valence-corrected chi connectivity index (χ0v) is 18.4. The molecular formula is C26H26N2O4. The number of Topliss-reactive ketones (excluding diaryl/α,β-unsaturated/α-hetero) is 1. The maximum Gasteiger partial charge on any atom is 0.290 e. The molecular weight excluding hydrogens is 404 g/mol. The molecule has 3 aromatic rings. The van der Waals surface area contributed by atoms with Gasteiger partial charge in [0.25, 0.3) is 5.91 Å². The van der Waals surface area contributed by atoms with E-state index in [-0.39, 0.29) is 17.4 Å². The highest BCUT2D eigenvalue weighted by Crippen LogP contribution is 2.41. The van der Waals surface area contributed by atoms with E-state index in [2.05, 4.69) is 0 Å². The number of hydrogen-bond donors (Lipinski definition) is 1. The van der Waals surface area contributed by atoms with Crippen molar-refractivity contribution in [1.82, 2.24) is 9.80 Å². The third-order valence-corrected chi connectivity index (χ3v) is 5.95. The van der Waals surface area contributed by atoms with E-state index in [1.165, 1.54) is 12.3 Å². The first-order chi connectivity index (χ1) is 15.4. The van der Waals surface area contributed by atoms with E-state index in [4.69, 9.17) is 4.42 Å². The minimum Gasteiger partial charge on any atom is -0.503 e. The van der Waals surface area contributed by atoms with Crippen LogP contribution in [0.4, 0.5) is 0 Å². The molecule has 0 aliphatic carbocycles. The number of furan rings is 1. The second kappa shape index (κ2) is 8.85. The van der Waals surface area contributed by atoms with Crippen LogP contribution in [0.5, 0.6) is 0 Å². The van der Waals surface area contributed by atoms with Gasteiger partial charge in [-0.15, -0.1) is 0 Å². The van der Waals surface area contributed by atoms with Crippen LogP contribution in [0.25, 0.3) is 0 Å². The number of rotatable bonds is 7. The lowest BCUT2D eigenvalue weighted by molar-refractivity contribution is -0.130. The molecule has 1 N–H and O–H groups in total. The Labute approximate surface area is 187 Å². The Bertz CT molecular complexity index is 1150. The Morgan fingerprint density at radius 2 is 1.75 bits per heavy atom. The van der Waals surface area contributed by atoms with Gasteiger partial charge in [-0.3, -0.25) is 9.59 Å². The van der Waals surface area contributed by atoms with E-state index in [0.29, 0.717) is 6.54 Å². The summed E-state index contributed by atoms with van der Waals surface area (Å²) in [5.74, 6) is -1.48. The first-order valence-corrected chi connectivity index (χ1v) is 10.5. The van der Waals surface area contributed by atoms with Crippen molar-refractivity contribution in [2.75, 3.05) is 20.6 Å². The summed E-state index contributed by atoms with van der Waals surface area (Å²) in [5.41, 5.74) is 2.81. The summed E-state index contributed by atoms with van der Waals surface area (Å²) in [6.07, 6.45) is 1.40. The third-order valence-electron chi connectivity index (χ3n) is 5.95. The van der Waals surface area contributed by atoms with Crippen LogP contribution < -0.4 is 0 Å². The molecule has 2 aromatic carbocycles. The summed E-state index contributed by atoms with van der Waals surface area (Å²) in [6, 6.07) is 19.8. The number of amides is 1. The number of carbonyl (C=O) groups excluding carboxylic acids is 2. The van der Waals surface area contributed by atoms with Gasteiger partial charge >= 0.3 is 0 Å². The Balaban J connectivity index is 1.80. The van der Waals surface area contributed by atoms with Crippen molar-refractivity contribution in [1.29, 1.82) is 0 Å². The van der Waals surface area contributed by atoms with Crippen molar-refractivity contribution < 1.29 is 19.1 Å². The molecule has 2 unspecified atom stereocenters. The second-order valence-electron chi connectivity index (χ2n) is 8.18. The maximum absolute atomic E-state index is 13.3. The highest BCUT2D eigenvalue weighted by molar-refractivity contribution is 6.15. The molecule has 1 aromatic heterocycles. The molecule has 2 atom stereocenters. The number of aryl methyl sites for hydroxylation is 1. The molecule has 0 radical (unpaired) electrons. The molecule has 6 heteroatoms. The number of ketones is 1. The fourth-order valence-electron chi connectivity index (χ4n) is 4.26. The average molecular weight is 431 g/mol. The van der Waals surface area contributed by atoms with Crippen molar-refractivity contribution in [2.45, 2.75) is 19.0 Å². The fraction of sp³-hybridized carbons (Fsp3) is 0.231. The summed E-state index contributed by atoms with van der Waals surface area (Å²) in [6.45, 7) is 2.23. The van der Waals surface area contributed by atoms with Gasteiger partial charge in [-0.2, -0.15) is 0 Å². The van der Waals surface area contributed by atoms with Crippen LogP contribution in [0.15, 0.2) is 88.7 Å². The van der Waals surface area contributed by atoms with Crippen LogP contribution in [0, 0.1) is 6.92 Å². The lowest BCUT2D eigenvalue weighted by atomic mass is 9.91. The van der Waals surface area contributed by atoms with Crippen molar-refractivity contribution in [3.63, 3.8) is 0 Å². The van der Waals surface area contributed by atoms with Gasteiger partial charge in [-0.25, -0.2) is 0 Å². The van der Waals surface area contributed by atoms with E-state index >= 15 is 0 Å². The monoisotopic (exact) mass is 430 g/mol. The molecule has 1 amide bonds. The SMILES string of the molecule is Cc1ccccc1C1C(C(=O)c2ccco2)=C(O)C(=O)N1CC(c1ccccc1)N(C)C. The van der Waals surface area contributed by atoms with Crippen LogP contribution in [0.1, 0.15) is 39.3 Å². The van der Waals surface area contributed by atoms with Crippen LogP contribution >= 0.6 is 0 Å². The minimum absolute atomic E-state index is 0.0461. The molecule has 6 nitrogen and oxygen atoms in total. The van der Waals surface area contributed by atoms with E-state index in [1.54, 1.807) is 11.0 Å². The molecule has 1 aliphatic heterocycles. The smallest absolute Gasteiger partial charge is 0.290 e. The standard InChI is InChI=1S/C26H26N2O4/c1-17-10-7-8-13-19(17)23-22(24(29)21-14-9-15-32-21)25(30)26(31)28(23)16-20(27(2)3)18-11-5-4-6-12-18/h4-15,20,23,30H,16H2,1-3H3. The second-order valence-corrected chi connectivity index (χ2v) is 8.18. The normalized spacial score (nSPS) is 17.3. The van der Waals surface area contributed by atoms with Crippen LogP contribution in [-0.4, -0.2) is 47.2 Å². The van der Waals surface area contributed by atoms with Crippen LogP contribution in [0.2, 0.25) is 0 Å². The number of aliphatic hydroxyl groups is 1. The summed E-state index contributed by atoms with van der Waals surface area (Å²) in [5, 5.41) is 10.9. The molecule has 0 saturated carbocycles. The van der Waals surface area contributed by atoms with E-state index in [9.17, 15) is 14.7 Å². The molecule has 0 saturated heterocycles. The first kappa shape index (κ1) is 21.6. The number of carbonyl (C=O) groups is 2. The molecule has 0 spiro atoms.